The molecular formula is C21H39IN4O. The van der Waals surface area contributed by atoms with E-state index in [1.165, 1.54) is 11.1 Å². The second-order valence-corrected chi connectivity index (χ2v) is 7.28. The van der Waals surface area contributed by atoms with Gasteiger partial charge in [0.25, 0.3) is 0 Å². The highest BCUT2D eigenvalue weighted by Crippen LogP contribution is 2.18. The van der Waals surface area contributed by atoms with E-state index in [0.29, 0.717) is 13.1 Å². The molecule has 0 aromatic heterocycles. The largest absolute Gasteiger partial charge is 0.388 e. The maximum Gasteiger partial charge on any atom is 0.191 e. The normalized spacial score (nSPS) is 12.0. The molecule has 3 N–H and O–H groups in total. The Bertz CT molecular complexity index is 543. The topological polar surface area (TPSA) is 59.9 Å². The van der Waals surface area contributed by atoms with Crippen molar-refractivity contribution in [1.29, 1.82) is 0 Å². The first-order valence-corrected chi connectivity index (χ1v) is 9.90. The fraction of sp³-hybridized carbons (Fsp3) is 0.667. The molecule has 1 aromatic rings. The van der Waals surface area contributed by atoms with Gasteiger partial charge in [-0.25, -0.2) is 4.99 Å². The molecule has 0 saturated heterocycles. The quantitative estimate of drug-likeness (QED) is 0.251. The van der Waals surface area contributed by atoms with Crippen LogP contribution < -0.4 is 10.6 Å². The first-order chi connectivity index (χ1) is 12.4. The Morgan fingerprint density at radius 2 is 1.63 bits per heavy atom. The predicted octanol–water partition coefficient (Wildman–Crippen LogP) is 3.75. The summed E-state index contributed by atoms with van der Waals surface area (Å²) in [6, 6.07) is 8.43. The van der Waals surface area contributed by atoms with Gasteiger partial charge < -0.3 is 20.6 Å². The first-order valence-electron chi connectivity index (χ1n) is 9.90. The lowest BCUT2D eigenvalue weighted by molar-refractivity contribution is 0.0257. The molecule has 1 rings (SSSR count). The second kappa shape index (κ2) is 14.2. The number of nitrogens with one attached hydrogen (secondary N) is 2. The van der Waals surface area contributed by atoms with Crippen molar-refractivity contribution in [2.75, 3.05) is 27.2 Å². The highest BCUT2D eigenvalue weighted by Gasteiger charge is 2.24. The first kappa shape index (κ1) is 26.1. The average molecular weight is 490 g/mol. The zero-order chi connectivity index (χ0) is 19.4. The molecule has 0 spiro atoms. The number of guanidine groups is 1. The van der Waals surface area contributed by atoms with Gasteiger partial charge in [-0.05, 0) is 45.0 Å². The highest BCUT2D eigenvalue weighted by atomic mass is 127. The number of rotatable bonds is 11. The van der Waals surface area contributed by atoms with Gasteiger partial charge in [0, 0.05) is 19.6 Å². The third-order valence-corrected chi connectivity index (χ3v) is 4.37. The smallest absolute Gasteiger partial charge is 0.191 e. The second-order valence-electron chi connectivity index (χ2n) is 7.28. The molecule has 27 heavy (non-hydrogen) atoms. The summed E-state index contributed by atoms with van der Waals surface area (Å²) in [5.74, 6) is 0.762. The van der Waals surface area contributed by atoms with Gasteiger partial charge in [0.1, 0.15) is 0 Å². The van der Waals surface area contributed by atoms with Crippen LogP contribution in [0.15, 0.2) is 29.3 Å². The van der Waals surface area contributed by atoms with Gasteiger partial charge in [-0.3, -0.25) is 0 Å². The maximum atomic E-state index is 10.8. The highest BCUT2D eigenvalue weighted by molar-refractivity contribution is 14.0. The monoisotopic (exact) mass is 490 g/mol. The van der Waals surface area contributed by atoms with Gasteiger partial charge in [0.15, 0.2) is 5.96 Å². The number of halogens is 1. The molecule has 0 aliphatic heterocycles. The van der Waals surface area contributed by atoms with Crippen LogP contribution in [0.3, 0.4) is 0 Å². The van der Waals surface area contributed by atoms with E-state index in [2.05, 4.69) is 74.7 Å². The van der Waals surface area contributed by atoms with Crippen molar-refractivity contribution in [3.8, 4) is 0 Å². The van der Waals surface area contributed by atoms with Crippen molar-refractivity contribution in [3.05, 3.63) is 35.4 Å². The van der Waals surface area contributed by atoms with Gasteiger partial charge in [-0.2, -0.15) is 0 Å². The molecule has 0 aliphatic rings. The minimum Gasteiger partial charge on any atom is -0.388 e. The Labute approximate surface area is 183 Å². The Hall–Kier alpha value is -0.860. The van der Waals surface area contributed by atoms with Crippen LogP contribution in [0, 0.1) is 0 Å². The fourth-order valence-corrected chi connectivity index (χ4v) is 3.19. The number of benzene rings is 1. The van der Waals surface area contributed by atoms with Crippen LogP contribution in [0.4, 0.5) is 0 Å². The van der Waals surface area contributed by atoms with Gasteiger partial charge in [-0.15, -0.1) is 24.0 Å². The van der Waals surface area contributed by atoms with Crippen LogP contribution in [0.2, 0.25) is 0 Å². The summed E-state index contributed by atoms with van der Waals surface area (Å²) in [6.07, 6.45) is 3.56. The Morgan fingerprint density at radius 1 is 1.04 bits per heavy atom. The van der Waals surface area contributed by atoms with E-state index in [4.69, 9.17) is 4.99 Å². The lowest BCUT2D eigenvalue weighted by Crippen LogP contribution is -2.47. The molecular weight excluding hydrogens is 451 g/mol. The van der Waals surface area contributed by atoms with E-state index in [0.717, 1.165) is 44.7 Å². The van der Waals surface area contributed by atoms with Crippen molar-refractivity contribution in [2.45, 2.75) is 65.1 Å². The summed E-state index contributed by atoms with van der Waals surface area (Å²) in [5, 5.41) is 17.4. The number of hydrogen-bond donors (Lipinski definition) is 3. The zero-order valence-electron chi connectivity index (χ0n) is 17.7. The predicted molar refractivity (Wildman–Crippen MR) is 127 cm³/mol. The summed E-state index contributed by atoms with van der Waals surface area (Å²) >= 11 is 0. The van der Waals surface area contributed by atoms with E-state index in [1.807, 2.05) is 0 Å². The lowest BCUT2D eigenvalue weighted by atomic mass is 9.93. The molecule has 0 aliphatic carbocycles. The van der Waals surface area contributed by atoms with Crippen molar-refractivity contribution in [1.82, 2.24) is 15.5 Å². The fourth-order valence-electron chi connectivity index (χ4n) is 3.19. The van der Waals surface area contributed by atoms with Crippen LogP contribution in [-0.4, -0.2) is 48.8 Å². The van der Waals surface area contributed by atoms with Crippen molar-refractivity contribution in [3.63, 3.8) is 0 Å². The van der Waals surface area contributed by atoms with Gasteiger partial charge in [0.05, 0.1) is 12.1 Å². The van der Waals surface area contributed by atoms with Crippen LogP contribution in [-0.2, 0) is 13.1 Å². The summed E-state index contributed by atoms with van der Waals surface area (Å²) in [6.45, 7) is 9.14. The van der Waals surface area contributed by atoms with Gasteiger partial charge >= 0.3 is 0 Å². The minimum absolute atomic E-state index is 0. The molecule has 0 atom stereocenters. The van der Waals surface area contributed by atoms with E-state index in [9.17, 15) is 5.11 Å². The number of nitrogens with zero attached hydrogens (tertiary/aromatic N) is 2. The van der Waals surface area contributed by atoms with Gasteiger partial charge in [-0.1, -0.05) is 51.0 Å². The van der Waals surface area contributed by atoms with Crippen LogP contribution in [0.1, 0.15) is 57.6 Å². The van der Waals surface area contributed by atoms with Crippen LogP contribution in [0.25, 0.3) is 0 Å². The average Bonchev–Trinajstić information content (AvgIpc) is 2.58. The SMILES string of the molecule is CCCC(O)(CCC)CNC(=NCc1ccccc1CN(C)C)NCC.I. The molecule has 6 heteroatoms. The van der Waals surface area contributed by atoms with Crippen molar-refractivity contribution < 1.29 is 5.11 Å². The standard InChI is InChI=1S/C21H38N4O.HI/c1-6-13-21(26,14-7-2)17-24-20(22-8-3)23-15-18-11-9-10-12-19(18)16-25(4)5;/h9-12,26H,6-8,13-17H2,1-5H3,(H2,22,23,24);1H. The molecule has 0 radical (unpaired) electrons. The molecule has 0 bridgehead atoms. The Balaban J connectivity index is 0.00000676. The Kier molecular flexibility index (Phi) is 13.7. The number of aliphatic imine (C=N–C) groups is 1. The third kappa shape index (κ3) is 10.3. The van der Waals surface area contributed by atoms with Gasteiger partial charge in [0.2, 0.25) is 0 Å². The molecule has 0 amide bonds. The van der Waals surface area contributed by atoms with E-state index >= 15 is 0 Å². The van der Waals surface area contributed by atoms with Crippen molar-refractivity contribution in [2.24, 2.45) is 4.99 Å². The van der Waals surface area contributed by atoms with Crippen LogP contribution in [0.5, 0.6) is 0 Å². The third-order valence-electron chi connectivity index (χ3n) is 4.37. The summed E-state index contributed by atoms with van der Waals surface area (Å²) in [4.78, 5) is 6.91. The number of hydrogen-bond acceptors (Lipinski definition) is 3. The Morgan fingerprint density at radius 3 is 2.15 bits per heavy atom. The van der Waals surface area contributed by atoms with E-state index in [-0.39, 0.29) is 24.0 Å². The molecule has 1 aromatic carbocycles. The summed E-state index contributed by atoms with van der Waals surface area (Å²) < 4.78 is 0. The molecule has 0 fully saturated rings. The molecule has 0 heterocycles. The molecule has 156 valence electrons. The van der Waals surface area contributed by atoms with E-state index in [1.54, 1.807) is 0 Å². The molecule has 5 nitrogen and oxygen atoms in total. The summed E-state index contributed by atoms with van der Waals surface area (Å²) in [7, 11) is 4.15. The maximum absolute atomic E-state index is 10.8. The molecule has 0 unspecified atom stereocenters. The van der Waals surface area contributed by atoms with E-state index < -0.39 is 5.60 Å². The van der Waals surface area contributed by atoms with Crippen LogP contribution >= 0.6 is 24.0 Å². The lowest BCUT2D eigenvalue weighted by Gasteiger charge is -2.28. The molecule has 0 saturated carbocycles. The summed E-state index contributed by atoms with van der Waals surface area (Å²) in [5.41, 5.74) is 1.86. The van der Waals surface area contributed by atoms with Crippen molar-refractivity contribution >= 4 is 29.9 Å². The zero-order valence-corrected chi connectivity index (χ0v) is 20.0. The number of aliphatic hydroxyl groups is 1. The minimum atomic E-state index is -0.664.